The Labute approximate surface area is 156 Å². The molecule has 0 fully saturated rings. The first-order valence-corrected chi connectivity index (χ1v) is 8.32. The van der Waals surface area contributed by atoms with E-state index in [4.69, 9.17) is 14.2 Å². The van der Waals surface area contributed by atoms with Gasteiger partial charge >= 0.3 is 0 Å². The number of carbonyl (C=O) groups is 2. The minimum atomic E-state index is -1.95. The van der Waals surface area contributed by atoms with Crippen molar-refractivity contribution in [1.82, 2.24) is 0 Å². The Morgan fingerprint density at radius 1 is 1.07 bits per heavy atom. The average molecular weight is 371 g/mol. The van der Waals surface area contributed by atoms with Crippen molar-refractivity contribution in [2.75, 3.05) is 26.6 Å². The number of fused-ring (bicyclic) bond motifs is 1. The van der Waals surface area contributed by atoms with Crippen LogP contribution in [0.4, 0.5) is 5.69 Å². The Balaban J connectivity index is 2.02. The number of ether oxygens (including phenoxy) is 3. The number of methoxy groups -OCH3 is 3. The van der Waals surface area contributed by atoms with Crippen LogP contribution in [-0.2, 0) is 10.4 Å². The summed E-state index contributed by atoms with van der Waals surface area (Å²) in [7, 11) is 4.32. The normalized spacial score (nSPS) is 17.9. The third-order valence-electron chi connectivity index (χ3n) is 4.67. The largest absolute Gasteiger partial charge is 0.493 e. The monoisotopic (exact) mass is 371 g/mol. The molecule has 0 saturated heterocycles. The number of benzene rings is 2. The van der Waals surface area contributed by atoms with Crippen molar-refractivity contribution in [3.63, 3.8) is 0 Å². The molecule has 2 N–H and O–H groups in total. The predicted octanol–water partition coefficient (Wildman–Crippen LogP) is 2.43. The molecule has 2 aromatic rings. The Morgan fingerprint density at radius 2 is 1.78 bits per heavy atom. The minimum absolute atomic E-state index is 0.188. The SMILES string of the molecule is COc1ccc(C(=O)C[C@@]2(O)C(=O)Nc3ccc(C)cc32)c(OC)c1OC. The standard InChI is InChI=1S/C20H21NO6/c1-11-5-7-14-13(9-11)20(24,19(23)21-14)10-15(22)12-6-8-16(25-2)18(27-4)17(12)26-3/h5-9,24H,10H2,1-4H3,(H,21,23)/t20-/m0/s1. The maximum absolute atomic E-state index is 13.0. The summed E-state index contributed by atoms with van der Waals surface area (Å²) in [4.78, 5) is 25.4. The van der Waals surface area contributed by atoms with Crippen LogP contribution in [0.5, 0.6) is 17.2 Å². The molecule has 0 spiro atoms. The van der Waals surface area contributed by atoms with Crippen LogP contribution in [0.3, 0.4) is 0 Å². The predicted molar refractivity (Wildman–Crippen MR) is 98.8 cm³/mol. The smallest absolute Gasteiger partial charge is 0.261 e. The van der Waals surface area contributed by atoms with Gasteiger partial charge in [0.2, 0.25) is 5.75 Å². The first kappa shape index (κ1) is 18.7. The molecule has 0 saturated carbocycles. The fourth-order valence-corrected chi connectivity index (χ4v) is 3.28. The number of ketones is 1. The summed E-state index contributed by atoms with van der Waals surface area (Å²) in [6, 6.07) is 8.33. The summed E-state index contributed by atoms with van der Waals surface area (Å²) < 4.78 is 15.8. The zero-order chi connectivity index (χ0) is 19.8. The van der Waals surface area contributed by atoms with E-state index in [0.717, 1.165) is 5.56 Å². The molecule has 1 atom stereocenters. The molecule has 0 unspecified atom stereocenters. The Bertz CT molecular complexity index is 923. The third-order valence-corrected chi connectivity index (χ3v) is 4.67. The van der Waals surface area contributed by atoms with Crippen molar-refractivity contribution in [3.8, 4) is 17.2 Å². The topological polar surface area (TPSA) is 94.1 Å². The molecule has 1 heterocycles. The first-order chi connectivity index (χ1) is 12.8. The molecule has 7 heteroatoms. The molecule has 142 valence electrons. The second-order valence-electron chi connectivity index (χ2n) is 6.35. The van der Waals surface area contributed by atoms with Gasteiger partial charge in [-0.25, -0.2) is 0 Å². The number of rotatable bonds is 6. The average Bonchev–Trinajstić information content (AvgIpc) is 2.90. The minimum Gasteiger partial charge on any atom is -0.493 e. The van der Waals surface area contributed by atoms with Gasteiger partial charge in [-0.1, -0.05) is 17.7 Å². The summed E-state index contributed by atoms with van der Waals surface area (Å²) in [5, 5.41) is 13.7. The maximum atomic E-state index is 13.0. The van der Waals surface area contributed by atoms with Crippen molar-refractivity contribution in [1.29, 1.82) is 0 Å². The number of aryl methyl sites for hydroxylation is 1. The van der Waals surface area contributed by atoms with Crippen molar-refractivity contribution < 1.29 is 28.9 Å². The van der Waals surface area contributed by atoms with E-state index in [-0.39, 0.29) is 17.1 Å². The highest BCUT2D eigenvalue weighted by Crippen LogP contribution is 2.43. The van der Waals surface area contributed by atoms with Crippen LogP contribution in [-0.4, -0.2) is 38.1 Å². The lowest BCUT2D eigenvalue weighted by Crippen LogP contribution is -2.36. The molecular weight excluding hydrogens is 350 g/mol. The van der Waals surface area contributed by atoms with E-state index in [2.05, 4.69) is 5.32 Å². The molecule has 0 aliphatic carbocycles. The number of aliphatic hydroxyl groups is 1. The summed E-state index contributed by atoms with van der Waals surface area (Å²) in [6.07, 6.45) is -0.429. The molecule has 1 aliphatic rings. The van der Waals surface area contributed by atoms with Gasteiger partial charge in [0.05, 0.1) is 33.3 Å². The number of anilines is 1. The lowest BCUT2D eigenvalue weighted by atomic mass is 9.87. The maximum Gasteiger partial charge on any atom is 0.261 e. The summed E-state index contributed by atoms with van der Waals surface area (Å²) >= 11 is 0. The van der Waals surface area contributed by atoms with E-state index < -0.39 is 23.7 Å². The molecule has 3 rings (SSSR count). The Kier molecular flexibility index (Phi) is 4.80. The third kappa shape index (κ3) is 3.00. The second-order valence-corrected chi connectivity index (χ2v) is 6.35. The van der Waals surface area contributed by atoms with Crippen LogP contribution in [0.1, 0.15) is 27.9 Å². The Hall–Kier alpha value is -3.06. The van der Waals surface area contributed by atoms with Gasteiger partial charge in [0.25, 0.3) is 5.91 Å². The van der Waals surface area contributed by atoms with Crippen molar-refractivity contribution in [2.45, 2.75) is 18.9 Å². The number of nitrogens with one attached hydrogen (secondary N) is 1. The molecule has 0 radical (unpaired) electrons. The number of Topliss-reactive ketones (excluding diaryl/α,β-unsaturated/α-hetero) is 1. The van der Waals surface area contributed by atoms with Gasteiger partial charge in [-0.3, -0.25) is 9.59 Å². The molecule has 1 aliphatic heterocycles. The zero-order valence-electron chi connectivity index (χ0n) is 15.6. The number of hydrogen-bond acceptors (Lipinski definition) is 6. The van der Waals surface area contributed by atoms with Gasteiger partial charge < -0.3 is 24.6 Å². The molecule has 27 heavy (non-hydrogen) atoms. The van der Waals surface area contributed by atoms with Gasteiger partial charge in [-0.2, -0.15) is 0 Å². The fourth-order valence-electron chi connectivity index (χ4n) is 3.28. The quantitative estimate of drug-likeness (QED) is 0.758. The van der Waals surface area contributed by atoms with Gasteiger partial charge in [-0.15, -0.1) is 0 Å². The Morgan fingerprint density at radius 3 is 2.41 bits per heavy atom. The zero-order valence-corrected chi connectivity index (χ0v) is 15.6. The van der Waals surface area contributed by atoms with E-state index in [9.17, 15) is 14.7 Å². The van der Waals surface area contributed by atoms with E-state index in [1.165, 1.54) is 27.4 Å². The molecule has 0 bridgehead atoms. The number of carbonyl (C=O) groups excluding carboxylic acids is 2. The number of hydrogen-bond donors (Lipinski definition) is 2. The molecule has 2 aromatic carbocycles. The van der Waals surface area contributed by atoms with Gasteiger partial charge in [0.1, 0.15) is 0 Å². The summed E-state index contributed by atoms with van der Waals surface area (Å²) in [5.74, 6) is -0.224. The van der Waals surface area contributed by atoms with E-state index >= 15 is 0 Å². The number of amides is 1. The second kappa shape index (κ2) is 6.92. The molecule has 1 amide bonds. The van der Waals surface area contributed by atoms with Gasteiger partial charge in [-0.05, 0) is 25.1 Å². The lowest BCUT2D eigenvalue weighted by Gasteiger charge is -2.21. The van der Waals surface area contributed by atoms with Crippen LogP contribution < -0.4 is 19.5 Å². The summed E-state index contributed by atoms with van der Waals surface area (Å²) in [6.45, 7) is 1.85. The highest BCUT2D eigenvalue weighted by Gasteiger charge is 2.47. The van der Waals surface area contributed by atoms with Gasteiger partial charge in [0.15, 0.2) is 22.9 Å². The van der Waals surface area contributed by atoms with Crippen LogP contribution in [0.15, 0.2) is 30.3 Å². The van der Waals surface area contributed by atoms with Crippen LogP contribution in [0, 0.1) is 6.92 Å². The van der Waals surface area contributed by atoms with Gasteiger partial charge in [0, 0.05) is 11.3 Å². The van der Waals surface area contributed by atoms with Crippen LogP contribution >= 0.6 is 0 Å². The van der Waals surface area contributed by atoms with Crippen LogP contribution in [0.25, 0.3) is 0 Å². The van der Waals surface area contributed by atoms with Crippen molar-refractivity contribution in [3.05, 3.63) is 47.0 Å². The highest BCUT2D eigenvalue weighted by molar-refractivity contribution is 6.10. The molecule has 0 aromatic heterocycles. The van der Waals surface area contributed by atoms with E-state index in [1.54, 1.807) is 18.2 Å². The fraction of sp³-hybridized carbons (Fsp3) is 0.300. The van der Waals surface area contributed by atoms with E-state index in [1.807, 2.05) is 13.0 Å². The highest BCUT2D eigenvalue weighted by atomic mass is 16.5. The summed E-state index contributed by atoms with van der Waals surface area (Å²) in [5.41, 5.74) is 0.00846. The van der Waals surface area contributed by atoms with E-state index in [0.29, 0.717) is 17.0 Å². The lowest BCUT2D eigenvalue weighted by molar-refractivity contribution is -0.133. The first-order valence-electron chi connectivity index (χ1n) is 8.32. The molecule has 7 nitrogen and oxygen atoms in total. The van der Waals surface area contributed by atoms with Crippen molar-refractivity contribution >= 4 is 17.4 Å². The van der Waals surface area contributed by atoms with Crippen LogP contribution in [0.2, 0.25) is 0 Å². The molecular formula is C20H21NO6. The van der Waals surface area contributed by atoms with Crippen molar-refractivity contribution in [2.24, 2.45) is 0 Å².